The highest BCUT2D eigenvalue weighted by atomic mass is 32.2. The summed E-state index contributed by atoms with van der Waals surface area (Å²) in [5.74, 6) is 0.574. The molecule has 0 aliphatic heterocycles. The van der Waals surface area contributed by atoms with Crippen LogP contribution in [-0.4, -0.2) is 13.0 Å². The van der Waals surface area contributed by atoms with Gasteiger partial charge in [-0.25, -0.2) is 0 Å². The van der Waals surface area contributed by atoms with Crippen LogP contribution in [0.2, 0.25) is 0 Å². The number of hydrogen-bond donors (Lipinski definition) is 1. The summed E-state index contributed by atoms with van der Waals surface area (Å²) in [6.07, 6.45) is 21.4. The molecule has 0 fully saturated rings. The molecule has 0 heterocycles. The van der Waals surface area contributed by atoms with E-state index in [-0.39, 0.29) is 10.8 Å². The molecule has 34 heavy (non-hydrogen) atoms. The van der Waals surface area contributed by atoms with Gasteiger partial charge in [-0.3, -0.25) is 4.55 Å². The van der Waals surface area contributed by atoms with E-state index in [1.165, 1.54) is 76.2 Å². The summed E-state index contributed by atoms with van der Waals surface area (Å²) >= 11 is 0. The molecule has 0 saturated heterocycles. The minimum absolute atomic E-state index is 0.165. The second kappa shape index (κ2) is 18.4. The van der Waals surface area contributed by atoms with Crippen LogP contribution in [0.3, 0.4) is 0 Å². The Kier molecular flexibility index (Phi) is 16.9. The second-order valence-electron chi connectivity index (χ2n) is 10.3. The molecule has 0 aliphatic carbocycles. The molecule has 2 unspecified atom stereocenters. The lowest BCUT2D eigenvalue weighted by molar-refractivity contribution is 0.465. The Balaban J connectivity index is 3.15. The van der Waals surface area contributed by atoms with Gasteiger partial charge in [0.25, 0.3) is 10.1 Å². The van der Waals surface area contributed by atoms with Crippen molar-refractivity contribution < 1.29 is 13.0 Å². The third-order valence-corrected chi connectivity index (χ3v) is 8.22. The SMILES string of the molecule is CCCCCCCCC(CCC)c1cccc(S(=O)(=O)O)c1C(CCC)CCCCCCCC. The summed E-state index contributed by atoms with van der Waals surface area (Å²) in [5, 5.41) is 0. The standard InChI is InChI=1S/C30H54O3S/c1-5-9-11-13-15-17-22-26(20-7-3)28-24-19-25-29(34(31,32)33)30(28)27(21-8-4)23-18-16-14-12-10-6-2/h19,24-27H,5-18,20-23H2,1-4H3,(H,31,32,33). The van der Waals surface area contributed by atoms with Gasteiger partial charge < -0.3 is 0 Å². The Labute approximate surface area is 212 Å². The average molecular weight is 495 g/mol. The largest absolute Gasteiger partial charge is 0.294 e. The molecule has 3 nitrogen and oxygen atoms in total. The van der Waals surface area contributed by atoms with Gasteiger partial charge in [0.15, 0.2) is 0 Å². The molecule has 4 heteroatoms. The highest BCUT2D eigenvalue weighted by Gasteiger charge is 2.27. The first-order valence-electron chi connectivity index (χ1n) is 14.5. The minimum atomic E-state index is -4.25. The fourth-order valence-corrected chi connectivity index (χ4v) is 6.32. The molecular weight excluding hydrogens is 440 g/mol. The van der Waals surface area contributed by atoms with Gasteiger partial charge in [-0.2, -0.15) is 8.42 Å². The smallest absolute Gasteiger partial charge is 0.282 e. The van der Waals surface area contributed by atoms with E-state index >= 15 is 0 Å². The van der Waals surface area contributed by atoms with Crippen molar-refractivity contribution in [3.8, 4) is 0 Å². The third-order valence-electron chi connectivity index (χ3n) is 7.31. The van der Waals surface area contributed by atoms with Crippen LogP contribution in [0, 0.1) is 0 Å². The first kappa shape index (κ1) is 31.2. The van der Waals surface area contributed by atoms with E-state index in [1.54, 1.807) is 6.07 Å². The predicted molar refractivity (Wildman–Crippen MR) is 148 cm³/mol. The quantitative estimate of drug-likeness (QED) is 0.137. The van der Waals surface area contributed by atoms with Crippen LogP contribution < -0.4 is 0 Å². The van der Waals surface area contributed by atoms with E-state index in [1.807, 2.05) is 6.07 Å². The van der Waals surface area contributed by atoms with Gasteiger partial charge in [0.1, 0.15) is 0 Å². The summed E-state index contributed by atoms with van der Waals surface area (Å²) in [4.78, 5) is 0.165. The van der Waals surface area contributed by atoms with Crippen LogP contribution in [0.25, 0.3) is 0 Å². The number of hydrogen-bond acceptors (Lipinski definition) is 2. The number of unbranched alkanes of at least 4 members (excludes halogenated alkanes) is 10. The lowest BCUT2D eigenvalue weighted by Gasteiger charge is -2.27. The van der Waals surface area contributed by atoms with E-state index in [9.17, 15) is 13.0 Å². The highest BCUT2D eigenvalue weighted by Crippen LogP contribution is 2.40. The molecule has 198 valence electrons. The van der Waals surface area contributed by atoms with E-state index in [2.05, 4.69) is 33.8 Å². The van der Waals surface area contributed by atoms with Crippen molar-refractivity contribution in [3.63, 3.8) is 0 Å². The molecule has 0 aliphatic rings. The second-order valence-corrected chi connectivity index (χ2v) is 11.7. The van der Waals surface area contributed by atoms with Gasteiger partial charge in [0.05, 0.1) is 4.90 Å². The zero-order chi connectivity index (χ0) is 25.2. The summed E-state index contributed by atoms with van der Waals surface area (Å²) in [5.41, 5.74) is 2.12. The van der Waals surface area contributed by atoms with Gasteiger partial charge >= 0.3 is 0 Å². The minimum Gasteiger partial charge on any atom is -0.282 e. The molecule has 2 atom stereocenters. The maximum Gasteiger partial charge on any atom is 0.294 e. The summed E-state index contributed by atoms with van der Waals surface area (Å²) < 4.78 is 35.1. The molecule has 1 aromatic rings. The normalized spacial score (nSPS) is 13.8. The van der Waals surface area contributed by atoms with E-state index in [0.29, 0.717) is 5.92 Å². The van der Waals surface area contributed by atoms with Crippen molar-refractivity contribution in [2.75, 3.05) is 0 Å². The summed E-state index contributed by atoms with van der Waals surface area (Å²) in [6.45, 7) is 8.89. The Morgan fingerprint density at radius 1 is 0.618 bits per heavy atom. The zero-order valence-corrected chi connectivity index (χ0v) is 23.6. The van der Waals surface area contributed by atoms with Crippen molar-refractivity contribution >= 4 is 10.1 Å². The topological polar surface area (TPSA) is 54.4 Å². The molecule has 0 radical (unpaired) electrons. The Hall–Kier alpha value is -0.870. The zero-order valence-electron chi connectivity index (χ0n) is 22.8. The molecule has 0 aromatic heterocycles. The van der Waals surface area contributed by atoms with Crippen LogP contribution in [0.1, 0.15) is 166 Å². The lowest BCUT2D eigenvalue weighted by atomic mass is 9.79. The third kappa shape index (κ3) is 11.7. The summed E-state index contributed by atoms with van der Waals surface area (Å²) in [7, 11) is -4.25. The molecule has 0 spiro atoms. The van der Waals surface area contributed by atoms with Gasteiger partial charge in [-0.1, -0.05) is 130 Å². The fourth-order valence-electron chi connectivity index (χ4n) is 5.51. The molecule has 0 amide bonds. The Morgan fingerprint density at radius 2 is 1.09 bits per heavy atom. The van der Waals surface area contributed by atoms with Crippen molar-refractivity contribution in [2.24, 2.45) is 0 Å². The maximum atomic E-state index is 12.5. The number of benzene rings is 1. The van der Waals surface area contributed by atoms with E-state index in [0.717, 1.165) is 50.5 Å². The Morgan fingerprint density at radius 3 is 1.59 bits per heavy atom. The molecule has 0 bridgehead atoms. The van der Waals surface area contributed by atoms with Gasteiger partial charge in [0.2, 0.25) is 0 Å². The molecule has 1 aromatic carbocycles. The van der Waals surface area contributed by atoms with Crippen LogP contribution in [-0.2, 0) is 10.1 Å². The number of rotatable bonds is 21. The molecule has 0 saturated carbocycles. The van der Waals surface area contributed by atoms with Crippen LogP contribution >= 0.6 is 0 Å². The van der Waals surface area contributed by atoms with E-state index in [4.69, 9.17) is 0 Å². The van der Waals surface area contributed by atoms with Gasteiger partial charge in [0, 0.05) is 0 Å². The van der Waals surface area contributed by atoms with E-state index < -0.39 is 10.1 Å². The van der Waals surface area contributed by atoms with Crippen molar-refractivity contribution in [1.82, 2.24) is 0 Å². The summed E-state index contributed by atoms with van der Waals surface area (Å²) in [6, 6.07) is 5.64. The maximum absolute atomic E-state index is 12.5. The highest BCUT2D eigenvalue weighted by molar-refractivity contribution is 7.85. The van der Waals surface area contributed by atoms with Gasteiger partial charge in [-0.05, 0) is 54.7 Å². The first-order valence-corrected chi connectivity index (χ1v) is 15.9. The fraction of sp³-hybridized carbons (Fsp3) is 0.800. The lowest BCUT2D eigenvalue weighted by Crippen LogP contribution is -2.14. The molecule has 1 N–H and O–H groups in total. The van der Waals surface area contributed by atoms with Crippen molar-refractivity contribution in [3.05, 3.63) is 29.3 Å². The van der Waals surface area contributed by atoms with Crippen molar-refractivity contribution in [1.29, 1.82) is 0 Å². The van der Waals surface area contributed by atoms with Crippen molar-refractivity contribution in [2.45, 2.75) is 160 Å². The molecular formula is C30H54O3S. The van der Waals surface area contributed by atoms with Crippen LogP contribution in [0.4, 0.5) is 0 Å². The monoisotopic (exact) mass is 494 g/mol. The van der Waals surface area contributed by atoms with Crippen LogP contribution in [0.15, 0.2) is 23.1 Å². The molecule has 1 rings (SSSR count). The Bertz CT molecular complexity index is 741. The predicted octanol–water partition coefficient (Wildman–Crippen LogP) is 10.2. The first-order chi connectivity index (χ1) is 16.4. The average Bonchev–Trinajstić information content (AvgIpc) is 2.81. The van der Waals surface area contributed by atoms with Crippen LogP contribution in [0.5, 0.6) is 0 Å². The van der Waals surface area contributed by atoms with Gasteiger partial charge in [-0.15, -0.1) is 0 Å².